The van der Waals surface area contributed by atoms with E-state index in [-0.39, 0.29) is 43.2 Å². The van der Waals surface area contributed by atoms with Gasteiger partial charge in [-0.1, -0.05) is 81.6 Å². The van der Waals surface area contributed by atoms with Gasteiger partial charge in [0.2, 0.25) is 5.91 Å². The van der Waals surface area contributed by atoms with Crippen LogP contribution < -0.4 is 10.6 Å². The van der Waals surface area contributed by atoms with Crippen molar-refractivity contribution in [3.05, 3.63) is 59.7 Å². The molecule has 0 radical (unpaired) electrons. The molecule has 0 bridgehead atoms. The fourth-order valence-corrected chi connectivity index (χ4v) is 4.67. The van der Waals surface area contributed by atoms with E-state index in [4.69, 9.17) is 9.84 Å². The lowest BCUT2D eigenvalue weighted by atomic mass is 9.98. The van der Waals surface area contributed by atoms with E-state index in [2.05, 4.69) is 34.9 Å². The highest BCUT2D eigenvalue weighted by Gasteiger charge is 2.29. The summed E-state index contributed by atoms with van der Waals surface area (Å²) in [7, 11) is 0. The lowest BCUT2D eigenvalue weighted by molar-refractivity contribution is -0.137. The molecule has 188 valence electrons. The first-order valence-electron chi connectivity index (χ1n) is 12.5. The van der Waals surface area contributed by atoms with Gasteiger partial charge in [0, 0.05) is 24.9 Å². The maximum atomic E-state index is 12.5. The summed E-state index contributed by atoms with van der Waals surface area (Å²) in [6.45, 7) is 4.55. The number of nitrogens with one attached hydrogen (secondary N) is 2. The molecule has 7 heteroatoms. The van der Waals surface area contributed by atoms with Crippen LogP contribution in [0.4, 0.5) is 4.79 Å². The monoisotopic (exact) mass is 480 g/mol. The molecule has 1 aliphatic carbocycles. The van der Waals surface area contributed by atoms with Gasteiger partial charge in [-0.05, 0) is 34.6 Å². The van der Waals surface area contributed by atoms with E-state index in [1.165, 1.54) is 11.1 Å². The Labute approximate surface area is 207 Å². The Hall–Kier alpha value is -3.35. The van der Waals surface area contributed by atoms with Crippen LogP contribution in [0.1, 0.15) is 69.4 Å². The van der Waals surface area contributed by atoms with Gasteiger partial charge in [0.1, 0.15) is 6.61 Å². The number of carbonyl (C=O) groups is 3. The summed E-state index contributed by atoms with van der Waals surface area (Å²) in [5.74, 6) is -1.17. The number of fused-ring (bicyclic) bond motifs is 3. The largest absolute Gasteiger partial charge is 0.481 e. The molecule has 0 spiro atoms. The minimum atomic E-state index is -0.921. The molecule has 0 saturated carbocycles. The summed E-state index contributed by atoms with van der Waals surface area (Å²) < 4.78 is 5.58. The normalized spacial score (nSPS) is 13.9. The fraction of sp³-hybridized carbons (Fsp3) is 0.464. The van der Waals surface area contributed by atoms with Crippen molar-refractivity contribution in [3.8, 4) is 11.1 Å². The molecule has 2 amide bonds. The summed E-state index contributed by atoms with van der Waals surface area (Å²) in [6, 6.07) is 16.0. The smallest absolute Gasteiger partial charge is 0.407 e. The lowest BCUT2D eigenvalue weighted by Crippen LogP contribution is -2.39. The molecular formula is C28H36N2O5. The van der Waals surface area contributed by atoms with E-state index in [0.717, 1.165) is 24.0 Å². The molecule has 0 aromatic heterocycles. The third-order valence-corrected chi connectivity index (χ3v) is 6.62. The van der Waals surface area contributed by atoms with Crippen LogP contribution in [0.3, 0.4) is 0 Å². The second-order valence-corrected chi connectivity index (χ2v) is 9.19. The first-order valence-corrected chi connectivity index (χ1v) is 12.5. The number of rotatable bonds is 13. The number of aliphatic carboxylic acids is 1. The fourth-order valence-electron chi connectivity index (χ4n) is 4.67. The van der Waals surface area contributed by atoms with Gasteiger partial charge in [-0.3, -0.25) is 9.59 Å². The van der Waals surface area contributed by atoms with Crippen LogP contribution in [0, 0.1) is 5.92 Å². The van der Waals surface area contributed by atoms with Gasteiger partial charge >= 0.3 is 12.1 Å². The average Bonchev–Trinajstić information content (AvgIpc) is 3.17. The molecule has 0 heterocycles. The van der Waals surface area contributed by atoms with Crippen LogP contribution in [-0.4, -0.2) is 42.3 Å². The maximum absolute atomic E-state index is 12.5. The number of amides is 2. The molecule has 1 unspecified atom stereocenters. The number of alkyl carbamates (subject to hydrolysis) is 1. The summed E-state index contributed by atoms with van der Waals surface area (Å²) in [4.78, 5) is 36.0. The predicted molar refractivity (Wildman–Crippen MR) is 135 cm³/mol. The highest BCUT2D eigenvalue weighted by Crippen LogP contribution is 2.44. The first-order chi connectivity index (χ1) is 16.9. The SMILES string of the molecule is CCCC[C@@H](CC(=O)O)NC(=O)CC(CC)CNC(=O)OCC1c2ccccc2-c2ccccc21. The summed E-state index contributed by atoms with van der Waals surface area (Å²) in [5, 5.41) is 14.7. The third-order valence-electron chi connectivity index (χ3n) is 6.62. The van der Waals surface area contributed by atoms with E-state index in [1.807, 2.05) is 38.1 Å². The Morgan fingerprint density at radius 3 is 2.17 bits per heavy atom. The molecular weight excluding hydrogens is 444 g/mol. The molecule has 3 N–H and O–H groups in total. The van der Waals surface area contributed by atoms with Gasteiger partial charge in [-0.15, -0.1) is 0 Å². The molecule has 3 rings (SSSR count). The van der Waals surface area contributed by atoms with Crippen LogP contribution in [-0.2, 0) is 14.3 Å². The van der Waals surface area contributed by atoms with E-state index >= 15 is 0 Å². The Bertz CT molecular complexity index is 976. The average molecular weight is 481 g/mol. The van der Waals surface area contributed by atoms with Crippen molar-refractivity contribution in [2.75, 3.05) is 13.2 Å². The van der Waals surface area contributed by atoms with Gasteiger partial charge in [0.15, 0.2) is 0 Å². The first kappa shape index (κ1) is 26.3. The van der Waals surface area contributed by atoms with Crippen molar-refractivity contribution in [1.29, 1.82) is 0 Å². The minimum Gasteiger partial charge on any atom is -0.481 e. The second kappa shape index (κ2) is 12.9. The zero-order chi connectivity index (χ0) is 25.2. The number of ether oxygens (including phenoxy) is 1. The van der Waals surface area contributed by atoms with Gasteiger partial charge < -0.3 is 20.5 Å². The minimum absolute atomic E-state index is 0.00445. The standard InChI is InChI=1S/C28H36N2O5/c1-3-5-10-20(16-27(32)33)30-26(31)15-19(4-2)17-29-28(34)35-18-25-23-13-8-6-11-21(23)22-12-7-9-14-24(22)25/h6-9,11-14,19-20,25H,3-5,10,15-18H2,1-2H3,(H,29,34)(H,30,31)(H,32,33)/t19?,20-/m0/s1. The topological polar surface area (TPSA) is 105 Å². The van der Waals surface area contributed by atoms with Crippen molar-refractivity contribution in [2.24, 2.45) is 5.92 Å². The van der Waals surface area contributed by atoms with E-state index in [1.54, 1.807) is 0 Å². The zero-order valence-corrected chi connectivity index (χ0v) is 20.6. The van der Waals surface area contributed by atoms with Crippen molar-refractivity contribution in [3.63, 3.8) is 0 Å². The number of carbonyl (C=O) groups excluding carboxylic acids is 2. The zero-order valence-electron chi connectivity index (χ0n) is 20.6. The highest BCUT2D eigenvalue weighted by atomic mass is 16.5. The number of carboxylic acids is 1. The molecule has 35 heavy (non-hydrogen) atoms. The van der Waals surface area contributed by atoms with Crippen molar-refractivity contribution >= 4 is 18.0 Å². The van der Waals surface area contributed by atoms with E-state index in [9.17, 15) is 14.4 Å². The molecule has 1 aliphatic rings. The summed E-state index contributed by atoms with van der Waals surface area (Å²) in [5.41, 5.74) is 4.66. The molecule has 2 atom stereocenters. The summed E-state index contributed by atoms with van der Waals surface area (Å²) in [6.07, 6.45) is 2.78. The van der Waals surface area contributed by atoms with Crippen LogP contribution >= 0.6 is 0 Å². The quantitative estimate of drug-likeness (QED) is 0.370. The highest BCUT2D eigenvalue weighted by molar-refractivity contribution is 5.79. The Balaban J connectivity index is 1.48. The number of benzene rings is 2. The molecule has 0 saturated heterocycles. The van der Waals surface area contributed by atoms with Gasteiger partial charge in [0.25, 0.3) is 0 Å². The van der Waals surface area contributed by atoms with E-state index in [0.29, 0.717) is 19.4 Å². The molecule has 7 nitrogen and oxygen atoms in total. The van der Waals surface area contributed by atoms with Gasteiger partial charge in [-0.25, -0.2) is 4.79 Å². The van der Waals surface area contributed by atoms with Crippen LogP contribution in [0.25, 0.3) is 11.1 Å². The van der Waals surface area contributed by atoms with Crippen molar-refractivity contribution < 1.29 is 24.2 Å². The predicted octanol–water partition coefficient (Wildman–Crippen LogP) is 5.09. The molecule has 2 aromatic carbocycles. The van der Waals surface area contributed by atoms with Crippen molar-refractivity contribution in [2.45, 2.75) is 64.3 Å². The molecule has 0 fully saturated rings. The number of hydrogen-bond acceptors (Lipinski definition) is 4. The second-order valence-electron chi connectivity index (χ2n) is 9.19. The maximum Gasteiger partial charge on any atom is 0.407 e. The number of carboxylic acid groups (broad SMARTS) is 1. The van der Waals surface area contributed by atoms with Crippen LogP contribution in [0.5, 0.6) is 0 Å². The van der Waals surface area contributed by atoms with Gasteiger partial charge in [-0.2, -0.15) is 0 Å². The van der Waals surface area contributed by atoms with Crippen molar-refractivity contribution in [1.82, 2.24) is 10.6 Å². The Kier molecular flexibility index (Phi) is 9.70. The number of hydrogen-bond donors (Lipinski definition) is 3. The molecule has 0 aliphatic heterocycles. The molecule has 2 aromatic rings. The Morgan fingerprint density at radius 1 is 0.971 bits per heavy atom. The lowest BCUT2D eigenvalue weighted by Gasteiger charge is -2.20. The van der Waals surface area contributed by atoms with Gasteiger partial charge in [0.05, 0.1) is 6.42 Å². The third kappa shape index (κ3) is 7.31. The Morgan fingerprint density at radius 2 is 1.60 bits per heavy atom. The van der Waals surface area contributed by atoms with E-state index < -0.39 is 12.1 Å². The van der Waals surface area contributed by atoms with Crippen LogP contribution in [0.15, 0.2) is 48.5 Å². The summed E-state index contributed by atoms with van der Waals surface area (Å²) >= 11 is 0. The van der Waals surface area contributed by atoms with Crippen LogP contribution in [0.2, 0.25) is 0 Å². The number of unbranched alkanes of at least 4 members (excludes halogenated alkanes) is 1.